The third-order valence-electron chi connectivity index (χ3n) is 3.08. The van der Waals surface area contributed by atoms with Crippen molar-refractivity contribution in [3.05, 3.63) is 34.1 Å². The van der Waals surface area contributed by atoms with Gasteiger partial charge in [-0.2, -0.15) is 0 Å². The first-order chi connectivity index (χ1) is 9.38. The van der Waals surface area contributed by atoms with E-state index in [1.165, 1.54) is 11.8 Å². The van der Waals surface area contributed by atoms with Crippen LogP contribution in [-0.2, 0) is 4.79 Å². The minimum Gasteiger partial charge on any atom is -0.479 e. The van der Waals surface area contributed by atoms with Crippen molar-refractivity contribution in [2.75, 3.05) is 13.1 Å². The smallest absolute Gasteiger partial charge is 0.311 e. The Bertz CT molecular complexity index is 551. The van der Waals surface area contributed by atoms with E-state index in [-0.39, 0.29) is 30.4 Å². The zero-order chi connectivity index (χ0) is 14.9. The fourth-order valence-electron chi connectivity index (χ4n) is 2.03. The Morgan fingerprint density at radius 3 is 2.80 bits per heavy atom. The third kappa shape index (κ3) is 2.85. The van der Waals surface area contributed by atoms with Crippen LogP contribution in [0.25, 0.3) is 0 Å². The van der Waals surface area contributed by atoms with Gasteiger partial charge in [-0.15, -0.1) is 0 Å². The molecule has 1 saturated heterocycles. The van der Waals surface area contributed by atoms with Crippen molar-refractivity contribution in [2.24, 2.45) is 0 Å². The topological polar surface area (TPSA) is 92.9 Å². The maximum Gasteiger partial charge on any atom is 0.311 e. The first-order valence-electron chi connectivity index (χ1n) is 5.92. The van der Waals surface area contributed by atoms with E-state index in [1.54, 1.807) is 0 Å². The van der Waals surface area contributed by atoms with Crippen LogP contribution in [0, 0.1) is 15.9 Å². The first kappa shape index (κ1) is 14.2. The van der Waals surface area contributed by atoms with Crippen molar-refractivity contribution < 1.29 is 24.0 Å². The van der Waals surface area contributed by atoms with Gasteiger partial charge in [0.25, 0.3) is 0 Å². The molecule has 1 amide bonds. The number of benzene rings is 1. The molecule has 0 aliphatic carbocycles. The Morgan fingerprint density at radius 1 is 1.55 bits per heavy atom. The van der Waals surface area contributed by atoms with Gasteiger partial charge < -0.3 is 14.7 Å². The number of nitro groups is 1. The van der Waals surface area contributed by atoms with Gasteiger partial charge in [0.1, 0.15) is 18.0 Å². The number of amides is 1. The molecule has 2 atom stereocenters. The van der Waals surface area contributed by atoms with E-state index in [2.05, 4.69) is 0 Å². The molecule has 0 spiro atoms. The van der Waals surface area contributed by atoms with Gasteiger partial charge in [0.05, 0.1) is 18.0 Å². The summed E-state index contributed by atoms with van der Waals surface area (Å²) in [4.78, 5) is 22.7. The van der Waals surface area contributed by atoms with Gasteiger partial charge in [-0.3, -0.25) is 14.9 Å². The summed E-state index contributed by atoms with van der Waals surface area (Å²) >= 11 is 0. The van der Waals surface area contributed by atoms with Crippen LogP contribution in [0.4, 0.5) is 10.1 Å². The number of rotatable bonds is 3. The van der Waals surface area contributed by atoms with Gasteiger partial charge in [0.15, 0.2) is 5.75 Å². The molecule has 0 unspecified atom stereocenters. The molecule has 8 heteroatoms. The molecule has 0 bridgehead atoms. The molecule has 7 nitrogen and oxygen atoms in total. The van der Waals surface area contributed by atoms with E-state index in [9.17, 15) is 24.4 Å². The summed E-state index contributed by atoms with van der Waals surface area (Å²) in [6.45, 7) is 1.53. The van der Waals surface area contributed by atoms with Gasteiger partial charge in [0, 0.05) is 19.1 Å². The molecule has 20 heavy (non-hydrogen) atoms. The van der Waals surface area contributed by atoms with Gasteiger partial charge in [-0.05, 0) is 6.07 Å². The first-order valence-corrected chi connectivity index (χ1v) is 5.92. The number of carbonyl (C=O) groups is 1. The molecule has 1 aliphatic heterocycles. The third-order valence-corrected chi connectivity index (χ3v) is 3.08. The largest absolute Gasteiger partial charge is 0.479 e. The van der Waals surface area contributed by atoms with Crippen molar-refractivity contribution in [3.8, 4) is 5.75 Å². The zero-order valence-corrected chi connectivity index (χ0v) is 10.7. The second-order valence-electron chi connectivity index (χ2n) is 4.52. The van der Waals surface area contributed by atoms with E-state index < -0.39 is 22.9 Å². The van der Waals surface area contributed by atoms with Gasteiger partial charge in [-0.25, -0.2) is 4.39 Å². The summed E-state index contributed by atoms with van der Waals surface area (Å²) in [5, 5.41) is 20.6. The monoisotopic (exact) mass is 284 g/mol. The van der Waals surface area contributed by atoms with Crippen LogP contribution in [0.2, 0.25) is 0 Å². The maximum atomic E-state index is 13.2. The fourth-order valence-corrected chi connectivity index (χ4v) is 2.03. The van der Waals surface area contributed by atoms with Crippen LogP contribution < -0.4 is 4.74 Å². The van der Waals surface area contributed by atoms with Crippen LogP contribution in [0.3, 0.4) is 0 Å². The molecule has 0 radical (unpaired) electrons. The number of nitrogens with zero attached hydrogens (tertiary/aromatic N) is 2. The standard InChI is InChI=1S/C12H13FN2O5/c1-7(16)14-5-10(17)12(6-14)20-11-4-8(13)2-3-9(11)15(18)19/h2-4,10,12,17H,5-6H2,1H3/t10-,12-/m1/s1. The highest BCUT2D eigenvalue weighted by molar-refractivity contribution is 5.73. The quantitative estimate of drug-likeness (QED) is 0.651. The molecule has 1 N–H and O–H groups in total. The number of hydrogen-bond acceptors (Lipinski definition) is 5. The second kappa shape index (κ2) is 5.41. The Morgan fingerprint density at radius 2 is 2.25 bits per heavy atom. The number of aliphatic hydroxyl groups is 1. The average Bonchev–Trinajstić information content (AvgIpc) is 2.71. The van der Waals surface area contributed by atoms with Gasteiger partial charge in [0.2, 0.25) is 5.91 Å². The molecule has 1 fully saturated rings. The van der Waals surface area contributed by atoms with E-state index in [1.807, 2.05) is 0 Å². The highest BCUT2D eigenvalue weighted by Crippen LogP contribution is 2.30. The zero-order valence-electron chi connectivity index (χ0n) is 10.7. The van der Waals surface area contributed by atoms with Gasteiger partial charge in [-0.1, -0.05) is 0 Å². The molecule has 1 aromatic carbocycles. The Kier molecular flexibility index (Phi) is 3.84. The summed E-state index contributed by atoms with van der Waals surface area (Å²) in [6, 6.07) is 2.84. The van der Waals surface area contributed by atoms with Crippen molar-refractivity contribution in [1.82, 2.24) is 4.90 Å². The number of nitro benzene ring substituents is 1. The van der Waals surface area contributed by atoms with Gasteiger partial charge >= 0.3 is 5.69 Å². The maximum absolute atomic E-state index is 13.2. The molecule has 0 saturated carbocycles. The molecular formula is C12H13FN2O5. The molecular weight excluding hydrogens is 271 g/mol. The normalized spacial score (nSPS) is 21.9. The predicted octanol–water partition coefficient (Wildman–Crippen LogP) is 0.704. The van der Waals surface area contributed by atoms with E-state index >= 15 is 0 Å². The lowest BCUT2D eigenvalue weighted by Gasteiger charge is -2.16. The summed E-state index contributed by atoms with van der Waals surface area (Å²) < 4.78 is 18.5. The minimum absolute atomic E-state index is 0.0864. The Hall–Kier alpha value is -2.22. The van der Waals surface area contributed by atoms with Crippen LogP contribution in [-0.4, -0.2) is 46.1 Å². The fraction of sp³-hybridized carbons (Fsp3) is 0.417. The number of β-amino-alcohol motifs (C(OH)–C–C–N with tert-alkyl or cyclic N) is 1. The highest BCUT2D eigenvalue weighted by atomic mass is 19.1. The molecule has 1 heterocycles. The van der Waals surface area contributed by atoms with E-state index in [4.69, 9.17) is 4.74 Å². The van der Waals surface area contributed by atoms with Crippen molar-refractivity contribution in [2.45, 2.75) is 19.1 Å². The summed E-state index contributed by atoms with van der Waals surface area (Å²) in [6.07, 6.45) is -1.79. The van der Waals surface area contributed by atoms with Crippen LogP contribution in [0.5, 0.6) is 5.75 Å². The van der Waals surface area contributed by atoms with E-state index in [0.29, 0.717) is 0 Å². The molecule has 1 aromatic rings. The molecule has 0 aromatic heterocycles. The van der Waals surface area contributed by atoms with Crippen molar-refractivity contribution in [3.63, 3.8) is 0 Å². The van der Waals surface area contributed by atoms with Crippen LogP contribution in [0.1, 0.15) is 6.92 Å². The summed E-state index contributed by atoms with van der Waals surface area (Å²) in [5.41, 5.74) is -0.389. The molecule has 108 valence electrons. The number of carbonyl (C=O) groups excluding carboxylic acids is 1. The van der Waals surface area contributed by atoms with E-state index in [0.717, 1.165) is 18.2 Å². The lowest BCUT2D eigenvalue weighted by Crippen LogP contribution is -2.30. The predicted molar refractivity (Wildman–Crippen MR) is 65.7 cm³/mol. The van der Waals surface area contributed by atoms with Crippen LogP contribution >= 0.6 is 0 Å². The number of hydrogen-bond donors (Lipinski definition) is 1. The number of halogens is 1. The summed E-state index contributed by atoms with van der Waals surface area (Å²) in [5.74, 6) is -1.17. The van der Waals surface area contributed by atoms with Crippen molar-refractivity contribution in [1.29, 1.82) is 0 Å². The Balaban J connectivity index is 2.20. The van der Waals surface area contributed by atoms with Crippen LogP contribution in [0.15, 0.2) is 18.2 Å². The molecule has 1 aliphatic rings. The lowest BCUT2D eigenvalue weighted by molar-refractivity contribution is -0.386. The SMILES string of the molecule is CC(=O)N1C[C@@H](O)[C@H](Oc2cc(F)ccc2[N+](=O)[O-])C1. The summed E-state index contributed by atoms with van der Waals surface area (Å²) in [7, 11) is 0. The average molecular weight is 284 g/mol. The number of aliphatic hydroxyl groups excluding tert-OH is 1. The van der Waals surface area contributed by atoms with Crippen molar-refractivity contribution >= 4 is 11.6 Å². The molecule has 2 rings (SSSR count). The highest BCUT2D eigenvalue weighted by Gasteiger charge is 2.35. The lowest BCUT2D eigenvalue weighted by atomic mass is 10.2. The minimum atomic E-state index is -0.971. The number of likely N-dealkylation sites (tertiary alicyclic amines) is 1. The Labute approximate surface area is 113 Å². The second-order valence-corrected chi connectivity index (χ2v) is 4.52. The number of ether oxygens (including phenoxy) is 1.